The molecule has 2 heterocycles. The fourth-order valence-corrected chi connectivity index (χ4v) is 2.04. The van der Waals surface area contributed by atoms with Gasteiger partial charge < -0.3 is 10.4 Å². The van der Waals surface area contributed by atoms with E-state index in [0.29, 0.717) is 5.69 Å². The summed E-state index contributed by atoms with van der Waals surface area (Å²) in [6.07, 6.45) is 4.04. The number of aliphatic hydroxyl groups is 1. The van der Waals surface area contributed by atoms with Crippen molar-refractivity contribution in [3.05, 3.63) is 33.5 Å². The Hall–Kier alpha value is -1.86. The first kappa shape index (κ1) is 14.5. The van der Waals surface area contributed by atoms with E-state index in [0.717, 1.165) is 22.5 Å². The van der Waals surface area contributed by atoms with Crippen LogP contribution in [-0.4, -0.2) is 31.3 Å². The topological polar surface area (TPSA) is 85.0 Å². The number of hydrogen-bond acceptors (Lipinski definition) is 5. The van der Waals surface area contributed by atoms with Gasteiger partial charge in [-0.15, -0.1) is 0 Å². The summed E-state index contributed by atoms with van der Waals surface area (Å²) in [4.78, 5) is 11.9. The summed E-state index contributed by atoms with van der Waals surface area (Å²) in [5.41, 5.74) is 1.65. The van der Waals surface area contributed by atoms with Crippen molar-refractivity contribution in [2.45, 2.75) is 19.9 Å². The molecule has 0 amide bonds. The zero-order valence-corrected chi connectivity index (χ0v) is 12.1. The minimum absolute atomic E-state index is 0.0411. The number of nitrogens with one attached hydrogen (secondary N) is 1. The molecular formula is C12H16ClN5O2. The van der Waals surface area contributed by atoms with E-state index in [-0.39, 0.29) is 18.2 Å². The molecular weight excluding hydrogens is 282 g/mol. The number of aryl methyl sites for hydroxylation is 2. The van der Waals surface area contributed by atoms with E-state index < -0.39 is 5.56 Å². The highest BCUT2D eigenvalue weighted by Crippen LogP contribution is 2.23. The summed E-state index contributed by atoms with van der Waals surface area (Å²) < 4.78 is 2.81. The standard InChI is InChI=1S/C12H16ClN5O2/c1-3-8-10(7-17(2)16-8)15-9-6-14-18(4-5-19)12(20)11(9)13/h6-7,15,19H,3-5H2,1-2H3. The maximum absolute atomic E-state index is 11.9. The fraction of sp³-hybridized carbons (Fsp3) is 0.417. The molecule has 0 aliphatic heterocycles. The lowest BCUT2D eigenvalue weighted by Gasteiger charge is -2.09. The second-order valence-electron chi connectivity index (χ2n) is 4.27. The minimum Gasteiger partial charge on any atom is -0.394 e. The number of hydrogen-bond donors (Lipinski definition) is 2. The Balaban J connectivity index is 2.34. The first-order valence-corrected chi connectivity index (χ1v) is 6.60. The van der Waals surface area contributed by atoms with Gasteiger partial charge in [-0.2, -0.15) is 10.2 Å². The van der Waals surface area contributed by atoms with E-state index in [1.54, 1.807) is 4.68 Å². The van der Waals surface area contributed by atoms with Gasteiger partial charge >= 0.3 is 0 Å². The van der Waals surface area contributed by atoms with Crippen molar-refractivity contribution < 1.29 is 5.11 Å². The van der Waals surface area contributed by atoms with E-state index in [1.807, 2.05) is 20.2 Å². The number of aromatic nitrogens is 4. The smallest absolute Gasteiger partial charge is 0.287 e. The molecule has 108 valence electrons. The van der Waals surface area contributed by atoms with E-state index in [1.165, 1.54) is 6.20 Å². The van der Waals surface area contributed by atoms with Crippen LogP contribution in [0.1, 0.15) is 12.6 Å². The second-order valence-corrected chi connectivity index (χ2v) is 4.64. The van der Waals surface area contributed by atoms with Gasteiger partial charge in [0.25, 0.3) is 5.56 Å². The summed E-state index contributed by atoms with van der Waals surface area (Å²) in [7, 11) is 1.82. The maximum Gasteiger partial charge on any atom is 0.287 e. The average molecular weight is 298 g/mol. The van der Waals surface area contributed by atoms with Crippen LogP contribution in [0.2, 0.25) is 5.02 Å². The maximum atomic E-state index is 11.9. The van der Waals surface area contributed by atoms with Crippen molar-refractivity contribution >= 4 is 23.0 Å². The van der Waals surface area contributed by atoms with Gasteiger partial charge in [-0.1, -0.05) is 18.5 Å². The molecule has 0 fully saturated rings. The SMILES string of the molecule is CCc1nn(C)cc1Nc1cnn(CCO)c(=O)c1Cl. The van der Waals surface area contributed by atoms with Crippen LogP contribution in [-0.2, 0) is 20.0 Å². The van der Waals surface area contributed by atoms with Crippen molar-refractivity contribution in [1.29, 1.82) is 0 Å². The molecule has 0 aromatic carbocycles. The third-order valence-corrected chi connectivity index (χ3v) is 3.17. The largest absolute Gasteiger partial charge is 0.394 e. The summed E-state index contributed by atoms with van der Waals surface area (Å²) in [6, 6.07) is 0. The van der Waals surface area contributed by atoms with Crippen molar-refractivity contribution in [2.24, 2.45) is 7.05 Å². The molecule has 0 atom stereocenters. The first-order chi connectivity index (χ1) is 9.56. The molecule has 0 aliphatic carbocycles. The minimum atomic E-state index is -0.437. The zero-order chi connectivity index (χ0) is 14.7. The lowest BCUT2D eigenvalue weighted by atomic mass is 10.3. The summed E-state index contributed by atoms with van der Waals surface area (Å²) in [6.45, 7) is 1.94. The molecule has 8 heteroatoms. The predicted octanol–water partition coefficient (Wildman–Crippen LogP) is 0.928. The van der Waals surface area contributed by atoms with Crippen LogP contribution >= 0.6 is 11.6 Å². The molecule has 7 nitrogen and oxygen atoms in total. The van der Waals surface area contributed by atoms with Crippen LogP contribution in [0.3, 0.4) is 0 Å². The Bertz CT molecular complexity index is 664. The van der Waals surface area contributed by atoms with Crippen molar-refractivity contribution in [3.8, 4) is 0 Å². The quantitative estimate of drug-likeness (QED) is 0.857. The number of anilines is 2. The van der Waals surface area contributed by atoms with Gasteiger partial charge in [0.05, 0.1) is 36.4 Å². The Morgan fingerprint density at radius 2 is 2.20 bits per heavy atom. The highest BCUT2D eigenvalue weighted by atomic mass is 35.5. The molecule has 2 aromatic rings. The third kappa shape index (κ3) is 2.83. The van der Waals surface area contributed by atoms with Crippen LogP contribution in [0, 0.1) is 0 Å². The van der Waals surface area contributed by atoms with E-state index in [4.69, 9.17) is 16.7 Å². The third-order valence-electron chi connectivity index (χ3n) is 2.81. The Morgan fingerprint density at radius 3 is 2.85 bits per heavy atom. The number of halogens is 1. The zero-order valence-electron chi connectivity index (χ0n) is 11.3. The van der Waals surface area contributed by atoms with E-state index in [9.17, 15) is 4.79 Å². The van der Waals surface area contributed by atoms with Crippen LogP contribution < -0.4 is 10.9 Å². The van der Waals surface area contributed by atoms with Crippen molar-refractivity contribution in [2.75, 3.05) is 11.9 Å². The second kappa shape index (κ2) is 6.06. The lowest BCUT2D eigenvalue weighted by Crippen LogP contribution is -2.25. The molecule has 0 saturated heterocycles. The normalized spacial score (nSPS) is 10.8. The van der Waals surface area contributed by atoms with Crippen molar-refractivity contribution in [3.63, 3.8) is 0 Å². The Morgan fingerprint density at radius 1 is 1.45 bits per heavy atom. The molecule has 0 saturated carbocycles. The van der Waals surface area contributed by atoms with Gasteiger partial charge in [0.15, 0.2) is 0 Å². The van der Waals surface area contributed by atoms with E-state index >= 15 is 0 Å². The lowest BCUT2D eigenvalue weighted by molar-refractivity contribution is 0.266. The molecule has 2 aromatic heterocycles. The number of rotatable bonds is 5. The Labute approximate surface area is 120 Å². The van der Waals surface area contributed by atoms with Gasteiger partial charge in [0.1, 0.15) is 5.02 Å². The van der Waals surface area contributed by atoms with Gasteiger partial charge in [-0.25, -0.2) is 4.68 Å². The predicted molar refractivity (Wildman–Crippen MR) is 76.5 cm³/mol. The molecule has 0 spiro atoms. The fourth-order valence-electron chi connectivity index (χ4n) is 1.85. The van der Waals surface area contributed by atoms with Gasteiger partial charge in [-0.05, 0) is 6.42 Å². The van der Waals surface area contributed by atoms with Crippen LogP contribution in [0.25, 0.3) is 0 Å². The monoisotopic (exact) mass is 297 g/mol. The van der Waals surface area contributed by atoms with Crippen molar-refractivity contribution in [1.82, 2.24) is 19.6 Å². The summed E-state index contributed by atoms with van der Waals surface area (Å²) in [5, 5.41) is 20.2. The van der Waals surface area contributed by atoms with E-state index in [2.05, 4.69) is 15.5 Å². The molecule has 0 aliphatic rings. The van der Waals surface area contributed by atoms with Gasteiger partial charge in [-0.3, -0.25) is 9.48 Å². The Kier molecular flexibility index (Phi) is 4.41. The number of aliphatic hydroxyl groups excluding tert-OH is 1. The van der Waals surface area contributed by atoms with Gasteiger partial charge in [0.2, 0.25) is 0 Å². The molecule has 0 radical (unpaired) electrons. The van der Waals surface area contributed by atoms with Crippen LogP contribution in [0.5, 0.6) is 0 Å². The van der Waals surface area contributed by atoms with Crippen LogP contribution in [0.4, 0.5) is 11.4 Å². The molecule has 0 unspecified atom stereocenters. The van der Waals surface area contributed by atoms with Crippen LogP contribution in [0.15, 0.2) is 17.2 Å². The summed E-state index contributed by atoms with van der Waals surface area (Å²) in [5.74, 6) is 0. The number of nitrogens with zero attached hydrogens (tertiary/aromatic N) is 4. The highest BCUT2D eigenvalue weighted by molar-refractivity contribution is 6.33. The molecule has 20 heavy (non-hydrogen) atoms. The summed E-state index contributed by atoms with van der Waals surface area (Å²) >= 11 is 6.04. The molecule has 2 rings (SSSR count). The molecule has 0 bridgehead atoms. The molecule has 2 N–H and O–H groups in total. The van der Waals surface area contributed by atoms with Gasteiger partial charge in [0, 0.05) is 13.2 Å². The highest BCUT2D eigenvalue weighted by Gasteiger charge is 2.12. The average Bonchev–Trinajstić information content (AvgIpc) is 2.78. The first-order valence-electron chi connectivity index (χ1n) is 6.22.